The maximum Gasteiger partial charge on any atom is 0.231 e. The summed E-state index contributed by atoms with van der Waals surface area (Å²) in [6.07, 6.45) is 3.81. The van der Waals surface area contributed by atoms with Crippen molar-refractivity contribution in [1.29, 1.82) is 0 Å². The fourth-order valence-electron chi connectivity index (χ4n) is 1.62. The number of hydrogen-bond acceptors (Lipinski definition) is 2. The van der Waals surface area contributed by atoms with Gasteiger partial charge in [0.15, 0.2) is 0 Å². The van der Waals surface area contributed by atoms with E-state index in [1.54, 1.807) is 6.20 Å². The van der Waals surface area contributed by atoms with Gasteiger partial charge < -0.3 is 9.88 Å². The Morgan fingerprint density at radius 2 is 2.18 bits per heavy atom. The second-order valence-electron chi connectivity index (χ2n) is 3.99. The van der Waals surface area contributed by atoms with E-state index >= 15 is 0 Å². The second-order valence-corrected chi connectivity index (χ2v) is 3.99. The van der Waals surface area contributed by atoms with Crippen LogP contribution in [0.25, 0.3) is 0 Å². The third kappa shape index (κ3) is 2.72. The molecule has 0 unspecified atom stereocenters. The zero-order valence-corrected chi connectivity index (χ0v) is 9.97. The van der Waals surface area contributed by atoms with Gasteiger partial charge in [0, 0.05) is 25.1 Å². The summed E-state index contributed by atoms with van der Waals surface area (Å²) in [7, 11) is 1.88. The van der Waals surface area contributed by atoms with Crippen LogP contribution in [0.1, 0.15) is 11.4 Å². The summed E-state index contributed by atoms with van der Waals surface area (Å²) in [5.74, 6) is 0.713. The first-order valence-corrected chi connectivity index (χ1v) is 5.48. The van der Waals surface area contributed by atoms with Crippen molar-refractivity contribution < 1.29 is 4.79 Å². The van der Waals surface area contributed by atoms with E-state index < -0.39 is 0 Å². The standard InChI is InChI=1S/C13H15N3O/c1-10-5-3-4-6-11(10)15-13(17)9-12-14-7-8-16(12)2/h3-8H,9H2,1-2H3,(H,15,17). The minimum atomic E-state index is -0.0476. The molecule has 0 saturated carbocycles. The normalized spacial score (nSPS) is 10.2. The van der Waals surface area contributed by atoms with Gasteiger partial charge in [0.05, 0.1) is 6.42 Å². The molecule has 0 atom stereocenters. The number of amides is 1. The number of nitrogens with zero attached hydrogens (tertiary/aromatic N) is 2. The molecule has 0 aliphatic rings. The number of imidazole rings is 1. The fraction of sp³-hybridized carbons (Fsp3) is 0.231. The minimum Gasteiger partial charge on any atom is -0.338 e. The largest absolute Gasteiger partial charge is 0.338 e. The van der Waals surface area contributed by atoms with Crippen LogP contribution in [0.2, 0.25) is 0 Å². The molecule has 0 saturated heterocycles. The third-order valence-electron chi connectivity index (χ3n) is 2.66. The topological polar surface area (TPSA) is 46.9 Å². The molecule has 17 heavy (non-hydrogen) atoms. The Morgan fingerprint density at radius 3 is 2.82 bits per heavy atom. The van der Waals surface area contributed by atoms with Gasteiger partial charge in [-0.25, -0.2) is 4.98 Å². The van der Waals surface area contributed by atoms with Gasteiger partial charge in [-0.15, -0.1) is 0 Å². The van der Waals surface area contributed by atoms with Crippen molar-refractivity contribution in [3.05, 3.63) is 48.0 Å². The summed E-state index contributed by atoms with van der Waals surface area (Å²) < 4.78 is 1.84. The summed E-state index contributed by atoms with van der Waals surface area (Å²) in [5, 5.41) is 2.88. The lowest BCUT2D eigenvalue weighted by atomic mass is 10.2. The van der Waals surface area contributed by atoms with Gasteiger partial charge in [0.2, 0.25) is 5.91 Å². The van der Waals surface area contributed by atoms with Crippen molar-refractivity contribution >= 4 is 11.6 Å². The Kier molecular flexibility index (Phi) is 3.23. The van der Waals surface area contributed by atoms with Gasteiger partial charge in [-0.3, -0.25) is 4.79 Å². The van der Waals surface area contributed by atoms with Crippen LogP contribution in [-0.2, 0) is 18.3 Å². The Hall–Kier alpha value is -2.10. The van der Waals surface area contributed by atoms with Gasteiger partial charge in [0.25, 0.3) is 0 Å². The highest BCUT2D eigenvalue weighted by Crippen LogP contribution is 2.13. The van der Waals surface area contributed by atoms with Gasteiger partial charge in [-0.05, 0) is 18.6 Å². The van der Waals surface area contributed by atoms with Crippen LogP contribution in [0.4, 0.5) is 5.69 Å². The number of carbonyl (C=O) groups is 1. The number of carbonyl (C=O) groups excluding carboxylic acids is 1. The smallest absolute Gasteiger partial charge is 0.231 e. The van der Waals surface area contributed by atoms with Gasteiger partial charge in [-0.1, -0.05) is 18.2 Å². The molecule has 1 heterocycles. The van der Waals surface area contributed by atoms with E-state index in [-0.39, 0.29) is 12.3 Å². The number of benzene rings is 1. The molecule has 4 heteroatoms. The van der Waals surface area contributed by atoms with Crippen LogP contribution in [0.15, 0.2) is 36.7 Å². The summed E-state index contributed by atoms with van der Waals surface area (Å²) in [4.78, 5) is 15.9. The lowest BCUT2D eigenvalue weighted by Crippen LogP contribution is -2.17. The summed E-state index contributed by atoms with van der Waals surface area (Å²) in [6, 6.07) is 7.72. The number of anilines is 1. The molecule has 88 valence electrons. The molecule has 1 amide bonds. The molecule has 0 fully saturated rings. The van der Waals surface area contributed by atoms with Crippen LogP contribution in [-0.4, -0.2) is 15.5 Å². The van der Waals surface area contributed by atoms with E-state index in [4.69, 9.17) is 0 Å². The molecule has 0 aliphatic heterocycles. The summed E-state index contributed by atoms with van der Waals surface area (Å²) >= 11 is 0. The molecule has 0 radical (unpaired) electrons. The highest BCUT2D eigenvalue weighted by molar-refractivity contribution is 5.92. The van der Waals surface area contributed by atoms with Gasteiger partial charge in [0.1, 0.15) is 5.82 Å². The quantitative estimate of drug-likeness (QED) is 0.874. The van der Waals surface area contributed by atoms with Crippen molar-refractivity contribution in [1.82, 2.24) is 9.55 Å². The minimum absolute atomic E-state index is 0.0476. The Bertz CT molecular complexity index is 531. The first-order chi connectivity index (χ1) is 8.16. The first-order valence-electron chi connectivity index (χ1n) is 5.48. The molecular formula is C13H15N3O. The average Bonchev–Trinajstić information content (AvgIpc) is 2.68. The van der Waals surface area contributed by atoms with E-state index in [0.717, 1.165) is 17.1 Å². The maximum atomic E-state index is 11.8. The van der Waals surface area contributed by atoms with E-state index in [2.05, 4.69) is 10.3 Å². The number of aromatic nitrogens is 2. The molecule has 2 rings (SSSR count). The van der Waals surface area contributed by atoms with Crippen molar-refractivity contribution in [2.45, 2.75) is 13.3 Å². The molecule has 0 aliphatic carbocycles. The number of para-hydroxylation sites is 1. The molecule has 4 nitrogen and oxygen atoms in total. The SMILES string of the molecule is Cc1ccccc1NC(=O)Cc1nccn1C. The van der Waals surface area contributed by atoms with Crippen molar-refractivity contribution in [2.24, 2.45) is 7.05 Å². The highest BCUT2D eigenvalue weighted by Gasteiger charge is 2.08. The van der Waals surface area contributed by atoms with Gasteiger partial charge in [-0.2, -0.15) is 0 Å². The van der Waals surface area contributed by atoms with Crippen LogP contribution >= 0.6 is 0 Å². The molecule has 1 aromatic carbocycles. The molecule has 1 aromatic heterocycles. The van der Waals surface area contributed by atoms with Gasteiger partial charge >= 0.3 is 0 Å². The first kappa shape index (κ1) is 11.4. The predicted molar refractivity (Wildman–Crippen MR) is 66.7 cm³/mol. The average molecular weight is 229 g/mol. The van der Waals surface area contributed by atoms with Crippen LogP contribution in [0, 0.1) is 6.92 Å². The summed E-state index contributed by atoms with van der Waals surface area (Å²) in [5.41, 5.74) is 1.91. The molecule has 2 aromatic rings. The predicted octanol–water partition coefficient (Wildman–Crippen LogP) is 1.91. The van der Waals surface area contributed by atoms with Crippen molar-refractivity contribution in [2.75, 3.05) is 5.32 Å². The van der Waals surface area contributed by atoms with E-state index in [9.17, 15) is 4.79 Å². The maximum absolute atomic E-state index is 11.8. The monoisotopic (exact) mass is 229 g/mol. The zero-order chi connectivity index (χ0) is 12.3. The van der Waals surface area contributed by atoms with Crippen molar-refractivity contribution in [3.8, 4) is 0 Å². The number of aryl methyl sites for hydroxylation is 2. The van der Waals surface area contributed by atoms with Crippen LogP contribution < -0.4 is 5.32 Å². The third-order valence-corrected chi connectivity index (χ3v) is 2.66. The molecule has 0 spiro atoms. The van der Waals surface area contributed by atoms with E-state index in [0.29, 0.717) is 0 Å². The zero-order valence-electron chi connectivity index (χ0n) is 9.97. The fourth-order valence-corrected chi connectivity index (χ4v) is 1.62. The number of nitrogens with one attached hydrogen (secondary N) is 1. The highest BCUT2D eigenvalue weighted by atomic mass is 16.1. The summed E-state index contributed by atoms with van der Waals surface area (Å²) in [6.45, 7) is 1.97. The molecule has 1 N–H and O–H groups in total. The van der Waals surface area contributed by atoms with E-state index in [1.807, 2.05) is 49.0 Å². The van der Waals surface area contributed by atoms with E-state index in [1.165, 1.54) is 0 Å². The molecule has 0 bridgehead atoms. The lowest BCUT2D eigenvalue weighted by Gasteiger charge is -2.07. The molecular weight excluding hydrogens is 214 g/mol. The van der Waals surface area contributed by atoms with Crippen LogP contribution in [0.5, 0.6) is 0 Å². The van der Waals surface area contributed by atoms with Crippen LogP contribution in [0.3, 0.4) is 0 Å². The second kappa shape index (κ2) is 4.82. The Morgan fingerprint density at radius 1 is 1.41 bits per heavy atom. The number of rotatable bonds is 3. The number of hydrogen-bond donors (Lipinski definition) is 1. The van der Waals surface area contributed by atoms with Crippen molar-refractivity contribution in [3.63, 3.8) is 0 Å². The Balaban J connectivity index is 2.03. The Labute approximate surface area is 100 Å². The lowest BCUT2D eigenvalue weighted by molar-refractivity contribution is -0.115.